The Morgan fingerprint density at radius 2 is 1.69 bits per heavy atom. The van der Waals surface area contributed by atoms with Crippen molar-refractivity contribution in [1.29, 1.82) is 0 Å². The lowest BCUT2D eigenvalue weighted by Gasteiger charge is -2.09. The molecule has 0 fully saturated rings. The maximum absolute atomic E-state index is 12.0. The molecule has 29 heavy (non-hydrogen) atoms. The van der Waals surface area contributed by atoms with Crippen molar-refractivity contribution >= 4 is 23.3 Å². The zero-order valence-electron chi connectivity index (χ0n) is 15.1. The highest BCUT2D eigenvalue weighted by Gasteiger charge is 2.09. The molecule has 0 saturated heterocycles. The molecule has 0 bridgehead atoms. The molecular formula is C21H16N2O6. The molecule has 3 rings (SSSR count). The van der Waals surface area contributed by atoms with Crippen LogP contribution in [0.1, 0.15) is 10.4 Å². The number of nitrogens with one attached hydrogen (secondary N) is 1. The van der Waals surface area contributed by atoms with E-state index in [4.69, 9.17) is 9.84 Å². The number of carboxylic acids is 1. The number of nitro groups is 1. The molecule has 1 amide bonds. The molecule has 0 aliphatic heterocycles. The van der Waals surface area contributed by atoms with Gasteiger partial charge in [0.25, 0.3) is 11.6 Å². The molecule has 2 N–H and O–H groups in total. The van der Waals surface area contributed by atoms with Gasteiger partial charge in [-0.3, -0.25) is 14.9 Å². The first-order chi connectivity index (χ1) is 13.9. The Labute approximate surface area is 165 Å². The summed E-state index contributed by atoms with van der Waals surface area (Å²) in [6.07, 6.45) is 0. The van der Waals surface area contributed by atoms with Crippen molar-refractivity contribution in [1.82, 2.24) is 0 Å². The van der Waals surface area contributed by atoms with Crippen LogP contribution in [0.15, 0.2) is 72.8 Å². The number of carboxylic acid groups (broad SMARTS) is 1. The van der Waals surface area contributed by atoms with Crippen LogP contribution in [0.5, 0.6) is 5.75 Å². The summed E-state index contributed by atoms with van der Waals surface area (Å²) in [5, 5.41) is 22.4. The number of nitrogens with zero attached hydrogens (tertiary/aromatic N) is 1. The lowest BCUT2D eigenvalue weighted by atomic mass is 10.1. The largest absolute Gasteiger partial charge is 0.484 e. The molecule has 0 unspecified atom stereocenters. The predicted octanol–water partition coefficient (Wildman–Crippen LogP) is 3.98. The van der Waals surface area contributed by atoms with E-state index in [0.29, 0.717) is 17.0 Å². The van der Waals surface area contributed by atoms with Crippen molar-refractivity contribution in [2.75, 3.05) is 11.9 Å². The summed E-state index contributed by atoms with van der Waals surface area (Å²) >= 11 is 0. The first-order valence-electron chi connectivity index (χ1n) is 8.53. The number of anilines is 1. The normalized spacial score (nSPS) is 10.2. The molecule has 0 aliphatic carbocycles. The van der Waals surface area contributed by atoms with Gasteiger partial charge < -0.3 is 15.2 Å². The van der Waals surface area contributed by atoms with Crippen LogP contribution in [0.3, 0.4) is 0 Å². The predicted molar refractivity (Wildman–Crippen MR) is 106 cm³/mol. The lowest BCUT2D eigenvalue weighted by Crippen LogP contribution is -2.20. The highest BCUT2D eigenvalue weighted by atomic mass is 16.6. The van der Waals surface area contributed by atoms with E-state index in [9.17, 15) is 19.7 Å². The number of carbonyl (C=O) groups excluding carboxylic acids is 1. The fourth-order valence-electron chi connectivity index (χ4n) is 2.62. The fraction of sp³-hybridized carbons (Fsp3) is 0.0476. The number of non-ortho nitro benzene ring substituents is 1. The van der Waals surface area contributed by atoms with E-state index in [-0.39, 0.29) is 17.9 Å². The molecule has 146 valence electrons. The van der Waals surface area contributed by atoms with Crippen molar-refractivity contribution in [3.63, 3.8) is 0 Å². The topological polar surface area (TPSA) is 119 Å². The number of hydrogen-bond donors (Lipinski definition) is 2. The van der Waals surface area contributed by atoms with Crippen molar-refractivity contribution in [3.05, 3.63) is 88.5 Å². The molecule has 0 spiro atoms. The van der Waals surface area contributed by atoms with Gasteiger partial charge in [0.05, 0.1) is 10.5 Å². The summed E-state index contributed by atoms with van der Waals surface area (Å²) in [7, 11) is 0. The minimum atomic E-state index is -1.08. The first-order valence-corrected chi connectivity index (χ1v) is 8.53. The monoisotopic (exact) mass is 392 g/mol. The van der Waals surface area contributed by atoms with Crippen LogP contribution in [-0.2, 0) is 4.79 Å². The Hall–Kier alpha value is -4.20. The summed E-state index contributed by atoms with van der Waals surface area (Å²) in [5.74, 6) is -1.06. The molecule has 0 saturated carbocycles. The number of carbonyl (C=O) groups is 2. The second kappa shape index (κ2) is 8.66. The van der Waals surface area contributed by atoms with E-state index < -0.39 is 16.8 Å². The molecule has 8 nitrogen and oxygen atoms in total. The summed E-state index contributed by atoms with van der Waals surface area (Å²) in [6, 6.07) is 19.0. The van der Waals surface area contributed by atoms with Crippen LogP contribution in [0.25, 0.3) is 11.1 Å². The summed E-state index contributed by atoms with van der Waals surface area (Å²) in [5.41, 5.74) is 1.91. The molecule has 3 aromatic carbocycles. The Morgan fingerprint density at radius 1 is 0.966 bits per heavy atom. The average molecular weight is 392 g/mol. The third kappa shape index (κ3) is 5.16. The molecule has 0 atom stereocenters. The standard InChI is InChI=1S/C21H16N2O6/c24-20(22-17-5-1-4-16(11-17)21(25)26)13-29-19-9-7-14(8-10-19)15-3-2-6-18(12-15)23(27)28/h1-12H,13H2,(H,22,24)(H,25,26). The van der Waals surface area contributed by atoms with Crippen molar-refractivity contribution in [2.45, 2.75) is 0 Å². The Morgan fingerprint density at radius 3 is 2.38 bits per heavy atom. The smallest absolute Gasteiger partial charge is 0.335 e. The van der Waals surface area contributed by atoms with Crippen LogP contribution in [-0.4, -0.2) is 28.5 Å². The quantitative estimate of drug-likeness (QED) is 0.464. The van der Waals surface area contributed by atoms with Crippen LogP contribution in [0, 0.1) is 10.1 Å². The second-order valence-corrected chi connectivity index (χ2v) is 6.05. The zero-order valence-corrected chi connectivity index (χ0v) is 15.1. The molecule has 8 heteroatoms. The van der Waals surface area contributed by atoms with Gasteiger partial charge in [-0.2, -0.15) is 0 Å². The van der Waals surface area contributed by atoms with Crippen molar-refractivity contribution in [2.24, 2.45) is 0 Å². The number of rotatable bonds is 7. The minimum Gasteiger partial charge on any atom is -0.484 e. The molecular weight excluding hydrogens is 376 g/mol. The van der Waals surface area contributed by atoms with Crippen molar-refractivity contribution in [3.8, 4) is 16.9 Å². The maximum atomic E-state index is 12.0. The summed E-state index contributed by atoms with van der Waals surface area (Å²) in [4.78, 5) is 33.4. The third-order valence-electron chi connectivity index (χ3n) is 4.01. The number of aromatic carboxylic acids is 1. The summed E-state index contributed by atoms with van der Waals surface area (Å²) in [6.45, 7) is -0.256. The Kier molecular flexibility index (Phi) is 5.84. The van der Waals surface area contributed by atoms with Gasteiger partial charge >= 0.3 is 5.97 Å². The van der Waals surface area contributed by atoms with Crippen LogP contribution in [0.2, 0.25) is 0 Å². The molecule has 0 heterocycles. The molecule has 0 aliphatic rings. The van der Waals surface area contributed by atoms with Crippen molar-refractivity contribution < 1.29 is 24.4 Å². The molecule has 3 aromatic rings. The van der Waals surface area contributed by atoms with Gasteiger partial charge in [-0.05, 0) is 41.5 Å². The van der Waals surface area contributed by atoms with Gasteiger partial charge in [0.15, 0.2) is 6.61 Å². The first kappa shape index (κ1) is 19.6. The van der Waals surface area contributed by atoms with Gasteiger partial charge in [-0.15, -0.1) is 0 Å². The van der Waals surface area contributed by atoms with E-state index in [2.05, 4.69) is 5.32 Å². The van der Waals surface area contributed by atoms with E-state index in [1.807, 2.05) is 0 Å². The number of benzene rings is 3. The van der Waals surface area contributed by atoms with Crippen LogP contribution in [0.4, 0.5) is 11.4 Å². The maximum Gasteiger partial charge on any atom is 0.335 e. The van der Waals surface area contributed by atoms with Gasteiger partial charge in [0.2, 0.25) is 0 Å². The van der Waals surface area contributed by atoms with E-state index in [0.717, 1.165) is 5.56 Å². The molecule has 0 aromatic heterocycles. The third-order valence-corrected chi connectivity index (χ3v) is 4.01. The zero-order chi connectivity index (χ0) is 20.8. The van der Waals surface area contributed by atoms with Gasteiger partial charge in [-0.25, -0.2) is 4.79 Å². The second-order valence-electron chi connectivity index (χ2n) is 6.05. The van der Waals surface area contributed by atoms with Gasteiger partial charge in [0.1, 0.15) is 5.75 Å². The van der Waals surface area contributed by atoms with E-state index in [1.165, 1.54) is 30.3 Å². The van der Waals surface area contributed by atoms with Gasteiger partial charge in [0, 0.05) is 17.8 Å². The van der Waals surface area contributed by atoms with E-state index in [1.54, 1.807) is 42.5 Å². The Balaban J connectivity index is 1.59. The lowest BCUT2D eigenvalue weighted by molar-refractivity contribution is -0.384. The SMILES string of the molecule is O=C(COc1ccc(-c2cccc([N+](=O)[O-])c2)cc1)Nc1cccc(C(=O)O)c1. The number of nitro benzene ring substituents is 1. The highest BCUT2D eigenvalue weighted by molar-refractivity contribution is 5.94. The Bertz CT molecular complexity index is 1060. The number of amides is 1. The summed E-state index contributed by atoms with van der Waals surface area (Å²) < 4.78 is 5.43. The highest BCUT2D eigenvalue weighted by Crippen LogP contribution is 2.25. The van der Waals surface area contributed by atoms with Gasteiger partial charge in [-0.1, -0.05) is 30.3 Å². The van der Waals surface area contributed by atoms with E-state index >= 15 is 0 Å². The molecule has 0 radical (unpaired) electrons. The van der Waals surface area contributed by atoms with Crippen LogP contribution >= 0.6 is 0 Å². The van der Waals surface area contributed by atoms with Crippen LogP contribution < -0.4 is 10.1 Å². The fourth-order valence-corrected chi connectivity index (χ4v) is 2.62. The minimum absolute atomic E-state index is 0.00599. The number of hydrogen-bond acceptors (Lipinski definition) is 5. The average Bonchev–Trinajstić information content (AvgIpc) is 2.73. The number of ether oxygens (including phenoxy) is 1.